The summed E-state index contributed by atoms with van der Waals surface area (Å²) in [6.45, 7) is 9.81. The molecule has 0 unspecified atom stereocenters. The maximum absolute atomic E-state index is 12.5. The third-order valence-electron chi connectivity index (χ3n) is 6.19. The van der Waals surface area contributed by atoms with E-state index < -0.39 is 5.60 Å². The van der Waals surface area contributed by atoms with Crippen LogP contribution >= 0.6 is 0 Å². The zero-order valence-corrected chi connectivity index (χ0v) is 19.8. The Morgan fingerprint density at radius 3 is 2.39 bits per heavy atom. The van der Waals surface area contributed by atoms with Crippen LogP contribution in [0.4, 0.5) is 4.79 Å². The number of ether oxygens (including phenoxy) is 2. The molecule has 7 heteroatoms. The van der Waals surface area contributed by atoms with Crippen LogP contribution in [0.25, 0.3) is 0 Å². The molecule has 33 heavy (non-hydrogen) atoms. The SMILES string of the molecule is CC(C)(C)OC(=O)N1CCC(CCOc2coc(CN3Cc4ccccc4C3)cc2=O)CC1. The van der Waals surface area contributed by atoms with E-state index in [1.54, 1.807) is 4.90 Å². The van der Waals surface area contributed by atoms with Crippen LogP contribution in [0.3, 0.4) is 0 Å². The van der Waals surface area contributed by atoms with Gasteiger partial charge in [-0.3, -0.25) is 9.69 Å². The molecule has 3 heterocycles. The summed E-state index contributed by atoms with van der Waals surface area (Å²) in [5, 5.41) is 0. The summed E-state index contributed by atoms with van der Waals surface area (Å²) in [5.41, 5.74) is 2.04. The van der Waals surface area contributed by atoms with Crippen molar-refractivity contribution in [3.05, 3.63) is 63.7 Å². The summed E-state index contributed by atoms with van der Waals surface area (Å²) in [6.07, 6.45) is 3.86. The van der Waals surface area contributed by atoms with E-state index in [1.807, 2.05) is 20.8 Å². The van der Waals surface area contributed by atoms with E-state index in [4.69, 9.17) is 13.9 Å². The summed E-state index contributed by atoms with van der Waals surface area (Å²) in [4.78, 5) is 28.7. The van der Waals surface area contributed by atoms with Crippen molar-refractivity contribution >= 4 is 6.09 Å². The van der Waals surface area contributed by atoms with Crippen LogP contribution in [0.5, 0.6) is 5.75 Å². The average molecular weight is 455 g/mol. The van der Waals surface area contributed by atoms with Gasteiger partial charge in [0.1, 0.15) is 17.6 Å². The highest BCUT2D eigenvalue weighted by Crippen LogP contribution is 2.25. The maximum Gasteiger partial charge on any atom is 0.410 e. The van der Waals surface area contributed by atoms with Crippen molar-refractivity contribution in [2.24, 2.45) is 5.92 Å². The maximum atomic E-state index is 12.5. The first-order valence-electron chi connectivity index (χ1n) is 11.8. The molecule has 2 aliphatic rings. The summed E-state index contributed by atoms with van der Waals surface area (Å²) in [7, 11) is 0. The Kier molecular flexibility index (Phi) is 7.08. The van der Waals surface area contributed by atoms with Gasteiger partial charge in [-0.05, 0) is 57.1 Å². The Morgan fingerprint density at radius 2 is 1.79 bits per heavy atom. The number of carbonyl (C=O) groups is 1. The van der Waals surface area contributed by atoms with Gasteiger partial charge in [-0.15, -0.1) is 0 Å². The molecular weight excluding hydrogens is 420 g/mol. The van der Waals surface area contributed by atoms with Crippen molar-refractivity contribution in [3.8, 4) is 5.75 Å². The van der Waals surface area contributed by atoms with Crippen LogP contribution in [0.15, 0.2) is 45.8 Å². The molecule has 0 N–H and O–H groups in total. The molecule has 2 aromatic rings. The number of hydrogen-bond acceptors (Lipinski definition) is 6. The van der Waals surface area contributed by atoms with E-state index >= 15 is 0 Å². The zero-order valence-electron chi connectivity index (χ0n) is 19.8. The summed E-state index contributed by atoms with van der Waals surface area (Å²) in [6, 6.07) is 9.93. The summed E-state index contributed by atoms with van der Waals surface area (Å²) in [5.74, 6) is 1.37. The van der Waals surface area contributed by atoms with Crippen molar-refractivity contribution in [3.63, 3.8) is 0 Å². The van der Waals surface area contributed by atoms with Crippen LogP contribution in [-0.2, 0) is 24.4 Å². The van der Waals surface area contributed by atoms with Crippen LogP contribution in [0, 0.1) is 5.92 Å². The fourth-order valence-electron chi connectivity index (χ4n) is 4.43. The van der Waals surface area contributed by atoms with E-state index in [1.165, 1.54) is 23.5 Å². The molecule has 1 aromatic carbocycles. The van der Waals surface area contributed by atoms with E-state index in [2.05, 4.69) is 29.2 Å². The zero-order chi connectivity index (χ0) is 23.4. The normalized spacial score (nSPS) is 17.1. The van der Waals surface area contributed by atoms with Gasteiger partial charge in [0.05, 0.1) is 13.2 Å². The highest BCUT2D eigenvalue weighted by atomic mass is 16.6. The van der Waals surface area contributed by atoms with Crippen LogP contribution < -0.4 is 10.2 Å². The Labute approximate surface area is 195 Å². The third-order valence-corrected chi connectivity index (χ3v) is 6.19. The molecule has 1 aromatic heterocycles. The molecule has 0 bridgehead atoms. The molecular formula is C26H34N2O5. The molecule has 0 spiro atoms. The minimum Gasteiger partial charge on any atom is -0.487 e. The second kappa shape index (κ2) is 10.00. The van der Waals surface area contributed by atoms with Gasteiger partial charge in [0.15, 0.2) is 0 Å². The Balaban J connectivity index is 1.19. The number of rotatable bonds is 6. The molecule has 178 valence electrons. The number of nitrogens with zero attached hydrogens (tertiary/aromatic N) is 2. The summed E-state index contributed by atoms with van der Waals surface area (Å²) < 4.78 is 16.9. The number of fused-ring (bicyclic) bond motifs is 1. The van der Waals surface area contributed by atoms with Gasteiger partial charge >= 0.3 is 6.09 Å². The van der Waals surface area contributed by atoms with Gasteiger partial charge in [-0.2, -0.15) is 0 Å². The lowest BCUT2D eigenvalue weighted by atomic mass is 9.94. The van der Waals surface area contributed by atoms with E-state index in [0.717, 1.165) is 32.4 Å². The van der Waals surface area contributed by atoms with Crippen molar-refractivity contribution in [2.45, 2.75) is 65.3 Å². The topological polar surface area (TPSA) is 72.2 Å². The molecule has 0 atom stereocenters. The van der Waals surface area contributed by atoms with Crippen LogP contribution in [0.2, 0.25) is 0 Å². The van der Waals surface area contributed by atoms with E-state index in [0.29, 0.717) is 37.9 Å². The lowest BCUT2D eigenvalue weighted by Crippen LogP contribution is -2.41. The number of carbonyl (C=O) groups excluding carboxylic acids is 1. The van der Waals surface area contributed by atoms with Gasteiger partial charge in [0.2, 0.25) is 11.2 Å². The van der Waals surface area contributed by atoms with Gasteiger partial charge < -0.3 is 18.8 Å². The molecule has 0 saturated carbocycles. The minimum atomic E-state index is -0.474. The van der Waals surface area contributed by atoms with Crippen molar-refractivity contribution in [1.82, 2.24) is 9.80 Å². The largest absolute Gasteiger partial charge is 0.487 e. The second-order valence-electron chi connectivity index (χ2n) is 10.0. The molecule has 1 fully saturated rings. The summed E-state index contributed by atoms with van der Waals surface area (Å²) >= 11 is 0. The number of amides is 1. The number of benzene rings is 1. The quantitative estimate of drug-likeness (QED) is 0.637. The van der Waals surface area contributed by atoms with Crippen molar-refractivity contribution in [1.29, 1.82) is 0 Å². The first-order chi connectivity index (χ1) is 15.8. The molecule has 4 rings (SSSR count). The van der Waals surface area contributed by atoms with Gasteiger partial charge in [0, 0.05) is 32.2 Å². The molecule has 0 radical (unpaired) electrons. The van der Waals surface area contributed by atoms with Gasteiger partial charge in [0.25, 0.3) is 0 Å². The fourth-order valence-corrected chi connectivity index (χ4v) is 4.43. The Hall–Kier alpha value is -2.80. The first-order valence-corrected chi connectivity index (χ1v) is 11.8. The molecule has 7 nitrogen and oxygen atoms in total. The van der Waals surface area contributed by atoms with Gasteiger partial charge in [-0.1, -0.05) is 24.3 Å². The van der Waals surface area contributed by atoms with Gasteiger partial charge in [-0.25, -0.2) is 4.79 Å². The number of likely N-dealkylation sites (tertiary alicyclic amines) is 1. The minimum absolute atomic E-state index is 0.146. The monoisotopic (exact) mass is 454 g/mol. The van der Waals surface area contributed by atoms with Crippen LogP contribution in [-0.4, -0.2) is 41.2 Å². The Bertz CT molecular complexity index is 993. The lowest BCUT2D eigenvalue weighted by Gasteiger charge is -2.33. The van der Waals surface area contributed by atoms with Crippen molar-refractivity contribution < 1.29 is 18.7 Å². The van der Waals surface area contributed by atoms with E-state index in [-0.39, 0.29) is 17.3 Å². The van der Waals surface area contributed by atoms with E-state index in [9.17, 15) is 9.59 Å². The van der Waals surface area contributed by atoms with Crippen molar-refractivity contribution in [2.75, 3.05) is 19.7 Å². The smallest absolute Gasteiger partial charge is 0.410 e. The first kappa shape index (κ1) is 23.4. The average Bonchev–Trinajstić information content (AvgIpc) is 3.17. The third kappa shape index (κ3) is 6.38. The number of piperidine rings is 1. The highest BCUT2D eigenvalue weighted by Gasteiger charge is 2.27. The number of hydrogen-bond donors (Lipinski definition) is 0. The predicted molar refractivity (Wildman–Crippen MR) is 125 cm³/mol. The lowest BCUT2D eigenvalue weighted by molar-refractivity contribution is 0.0177. The fraction of sp³-hybridized carbons (Fsp3) is 0.538. The Morgan fingerprint density at radius 1 is 1.12 bits per heavy atom. The second-order valence-corrected chi connectivity index (χ2v) is 10.0. The highest BCUT2D eigenvalue weighted by molar-refractivity contribution is 5.68. The molecule has 1 amide bonds. The predicted octanol–water partition coefficient (Wildman–Crippen LogP) is 4.57. The molecule has 0 aliphatic carbocycles. The molecule has 1 saturated heterocycles. The van der Waals surface area contributed by atoms with Crippen LogP contribution in [0.1, 0.15) is 56.9 Å². The standard InChI is InChI=1S/C26H34N2O5/c1-26(2,3)33-25(30)28-11-8-19(9-12-28)10-13-31-24-18-32-22(14-23(24)29)17-27-15-20-6-4-5-7-21(20)16-27/h4-7,14,18-19H,8-13,15-17H2,1-3H3. The molecule has 2 aliphatic heterocycles.